The Morgan fingerprint density at radius 1 is 0.438 bits per heavy atom. The van der Waals surface area contributed by atoms with Gasteiger partial charge in [-0.2, -0.15) is 0 Å². The van der Waals surface area contributed by atoms with Gasteiger partial charge in [0.2, 0.25) is 0 Å². The van der Waals surface area contributed by atoms with Crippen molar-refractivity contribution >= 4 is 116 Å². The first-order valence-electron chi connectivity index (χ1n) is 26.0. The van der Waals surface area contributed by atoms with Gasteiger partial charge < -0.3 is 68.4 Å². The number of nitrogens with zero attached hydrogens (tertiary/aromatic N) is 1. The molecule has 18 nitrogen and oxygen atoms in total. The Kier molecular flexibility index (Phi) is 29.0. The number of rotatable bonds is 39. The third-order valence-corrected chi connectivity index (χ3v) is 58.1. The van der Waals surface area contributed by atoms with Crippen molar-refractivity contribution in [3.63, 3.8) is 0 Å². The monoisotopic (exact) mass is 1270 g/mol. The zero-order valence-corrected chi connectivity index (χ0v) is 64.2. The largest absolute Gasteiger partial charge is 0.756 e. The van der Waals surface area contributed by atoms with Crippen LogP contribution in [0.25, 0.3) is 0 Å². The highest BCUT2D eigenvalue weighted by atomic mass is 31.2. The molecule has 0 aliphatic carbocycles. The van der Waals surface area contributed by atoms with Crippen LogP contribution in [0.4, 0.5) is 0 Å². The average Bonchev–Trinajstić information content (AvgIpc) is 3.04. The molecule has 0 fully saturated rings. The molecule has 0 bridgehead atoms. The van der Waals surface area contributed by atoms with Gasteiger partial charge in [-0.3, -0.25) is 4.57 Å². The summed E-state index contributed by atoms with van der Waals surface area (Å²) in [7, 11) is -32.5. The van der Waals surface area contributed by atoms with E-state index in [2.05, 4.69) is 66.9 Å². The van der Waals surface area contributed by atoms with Gasteiger partial charge in [0.25, 0.3) is 7.82 Å². The predicted molar refractivity (Wildman–Crippen MR) is 323 cm³/mol. The van der Waals surface area contributed by atoms with Crippen LogP contribution >= 0.6 is 7.82 Å². The normalized spacial score (nSPS) is 15.7. The average molecular weight is 1270 g/mol. The van der Waals surface area contributed by atoms with E-state index in [9.17, 15) is 14.3 Å². The molecule has 1 unspecified atom stereocenters. The lowest BCUT2D eigenvalue weighted by Gasteiger charge is -2.45. The van der Waals surface area contributed by atoms with E-state index in [1.54, 1.807) is 6.92 Å². The van der Waals surface area contributed by atoms with Crippen molar-refractivity contribution in [1.29, 1.82) is 0 Å². The van der Waals surface area contributed by atoms with E-state index in [1.807, 2.05) is 118 Å². The first-order chi connectivity index (χ1) is 32.1. The molecule has 0 N–H and O–H groups in total. The summed E-state index contributed by atoms with van der Waals surface area (Å²) in [4.78, 5) is 24.3. The quantitative estimate of drug-likeness (QED) is 0.0141. The van der Waals surface area contributed by atoms with Crippen molar-refractivity contribution in [3.05, 3.63) is 12.2 Å². The van der Waals surface area contributed by atoms with Crippen LogP contribution in [0, 0.1) is 0 Å². The molecule has 0 spiro atoms. The summed E-state index contributed by atoms with van der Waals surface area (Å²) in [6, 6.07) is 1.52. The van der Waals surface area contributed by atoms with Gasteiger partial charge in [0.15, 0.2) is 16.6 Å². The number of likely N-dealkylation sites (N-methyl/N-ethyl adjacent to an activating group) is 1. The molecule has 0 heterocycles. The summed E-state index contributed by atoms with van der Waals surface area (Å²) < 4.78 is 104. The molecule has 73 heavy (non-hydrogen) atoms. The number of phosphoric acid groups is 1. The van der Waals surface area contributed by atoms with Crippen LogP contribution in [0.5, 0.6) is 0 Å². The van der Waals surface area contributed by atoms with Gasteiger partial charge in [0.05, 0.1) is 33.9 Å². The number of hydrogen-bond acceptors (Lipinski definition) is 17. The highest BCUT2D eigenvalue weighted by molar-refractivity contribution is 7.45. The van der Waals surface area contributed by atoms with Crippen LogP contribution in [0.15, 0.2) is 12.2 Å². The SMILES string of the molecule is C=C(C)C(=O)OCCC[Si](C)(C)O[Si](C)(C)O[Si](C)(C)O[Si](C)(C)O[Si](C)(C)O[Si](C)(C)O[Si](C)(C)O[Si](C)(C)O[Si](C)(C)O[Si](C)(C)O[Si](C)(C)O[Si](C)(C)CCCOP(=O)([O-])OCC[N+](C)(C)CCCC. The summed E-state index contributed by atoms with van der Waals surface area (Å²) >= 11 is 0. The predicted octanol–water partition coefficient (Wildman–Crippen LogP) is 11.9. The van der Waals surface area contributed by atoms with Crippen molar-refractivity contribution in [2.45, 2.75) is 209 Å². The Morgan fingerprint density at radius 3 is 0.973 bits per heavy atom. The number of hydrogen-bond donors (Lipinski definition) is 0. The van der Waals surface area contributed by atoms with Crippen LogP contribution in [0.2, 0.25) is 169 Å². The van der Waals surface area contributed by atoms with Gasteiger partial charge in [-0.15, -0.1) is 0 Å². The fraction of sp³-hybridized carbons (Fsp3) is 0.929. The lowest BCUT2D eigenvalue weighted by atomic mass is 10.3. The molecule has 0 saturated carbocycles. The van der Waals surface area contributed by atoms with E-state index < -0.39 is 110 Å². The van der Waals surface area contributed by atoms with Gasteiger partial charge in [-0.25, -0.2) is 4.79 Å². The Morgan fingerprint density at radius 2 is 0.699 bits per heavy atom. The maximum Gasteiger partial charge on any atom is 0.333 e. The number of ether oxygens (including phenoxy) is 1. The minimum absolute atomic E-state index is 0.0386. The van der Waals surface area contributed by atoms with Crippen LogP contribution in [0.1, 0.15) is 39.5 Å². The molecule has 0 aromatic carbocycles. The summed E-state index contributed by atoms with van der Waals surface area (Å²) in [5, 5.41) is 0. The number of carbonyl (C=O) groups is 1. The second-order valence-corrected chi connectivity index (χ2v) is 72.0. The molecule has 31 heteroatoms. The minimum Gasteiger partial charge on any atom is -0.756 e. The van der Waals surface area contributed by atoms with E-state index in [0.717, 1.165) is 25.4 Å². The molecular formula is C42H108NO17PSi12. The topological polar surface area (TPSA) is 186 Å². The highest BCUT2D eigenvalue weighted by Gasteiger charge is 2.51. The smallest absolute Gasteiger partial charge is 0.333 e. The van der Waals surface area contributed by atoms with Crippen molar-refractivity contribution in [1.82, 2.24) is 0 Å². The van der Waals surface area contributed by atoms with Crippen LogP contribution in [-0.2, 0) is 68.4 Å². The van der Waals surface area contributed by atoms with Gasteiger partial charge in [-0.05, 0) is 195 Å². The molecule has 436 valence electrons. The second-order valence-electron chi connectivity index (χ2n) is 25.6. The third-order valence-electron chi connectivity index (χ3n) is 10.2. The third kappa shape index (κ3) is 36.4. The number of unbranched alkanes of at least 4 members (excludes halogenated alkanes) is 1. The Labute approximate surface area is 458 Å². The fourth-order valence-corrected chi connectivity index (χ4v) is 71.8. The fourth-order valence-electron chi connectivity index (χ4n) is 9.56. The number of carbonyl (C=O) groups excluding carboxylic acids is 1. The van der Waals surface area contributed by atoms with Gasteiger partial charge in [-0.1, -0.05) is 19.9 Å². The van der Waals surface area contributed by atoms with E-state index >= 15 is 0 Å². The molecular weight excluding hydrogens is 1160 g/mol. The summed E-state index contributed by atoms with van der Waals surface area (Å²) in [6.07, 6.45) is 3.40. The Hall–Kier alpha value is 1.44. The number of quaternary nitrogens is 1. The van der Waals surface area contributed by atoms with Crippen molar-refractivity contribution in [2.75, 3.05) is 47.0 Å². The van der Waals surface area contributed by atoms with Gasteiger partial charge in [0, 0.05) is 5.57 Å². The zero-order chi connectivity index (χ0) is 57.8. The molecule has 0 aromatic heterocycles. The van der Waals surface area contributed by atoms with Gasteiger partial charge >= 0.3 is 91.6 Å². The molecule has 1 atom stereocenters. The van der Waals surface area contributed by atoms with E-state index in [0.29, 0.717) is 42.1 Å². The van der Waals surface area contributed by atoms with Gasteiger partial charge in [0.1, 0.15) is 13.2 Å². The van der Waals surface area contributed by atoms with E-state index in [-0.39, 0.29) is 19.2 Å². The van der Waals surface area contributed by atoms with Crippen LogP contribution < -0.4 is 4.89 Å². The van der Waals surface area contributed by atoms with Crippen molar-refractivity contribution in [2.24, 2.45) is 0 Å². The molecule has 0 aliphatic rings. The second kappa shape index (κ2) is 28.4. The molecule has 0 aliphatic heterocycles. The molecule has 0 rings (SSSR count). The molecule has 0 saturated heterocycles. The summed E-state index contributed by atoms with van der Waals surface area (Å²) in [6.45, 7) is 58.8. The molecule has 0 aromatic rings. The zero-order valence-electron chi connectivity index (χ0n) is 51.3. The lowest BCUT2D eigenvalue weighted by Crippen LogP contribution is -2.62. The van der Waals surface area contributed by atoms with Crippen molar-refractivity contribution < 1.29 is 77.8 Å². The Balaban J connectivity index is 5.44. The maximum absolute atomic E-state index is 12.5. The standard InChI is InChI=1S/C42H108NO17PSi12/c1-30-31-34-43(4,5)35-38-49-61(45,46)48-37-33-40-63(8,9)51-65(12,13)53-67(16,17)55-69(20,21)57-71(24,25)59-73(28,29)60-72(26,27)58-70(22,23)56-68(18,19)54-66(14,15)52-64(10,11)50-62(6,7)39-32-36-47-42(44)41(2)3/h2,30-40H2,1,3-29H3. The molecule has 0 amide bonds. The first-order valence-corrected chi connectivity index (χ1v) is 61.9. The van der Waals surface area contributed by atoms with Crippen LogP contribution in [-0.4, -0.2) is 160 Å². The summed E-state index contributed by atoms with van der Waals surface area (Å²) in [5.74, 6) is -0.369. The summed E-state index contributed by atoms with van der Waals surface area (Å²) in [5.41, 5.74) is 0.394. The van der Waals surface area contributed by atoms with E-state index in [1.165, 1.54) is 0 Å². The minimum atomic E-state index is -4.40. The van der Waals surface area contributed by atoms with E-state index in [4.69, 9.17) is 59.1 Å². The highest BCUT2D eigenvalue weighted by Crippen LogP contribution is 2.39. The number of phosphoric ester groups is 1. The Bertz CT molecular complexity index is 1790. The lowest BCUT2D eigenvalue weighted by molar-refractivity contribution is -0.890. The maximum atomic E-state index is 12.5. The molecule has 0 radical (unpaired) electrons. The van der Waals surface area contributed by atoms with Crippen LogP contribution in [0.3, 0.4) is 0 Å². The first kappa shape index (κ1) is 74.4. The van der Waals surface area contributed by atoms with Crippen molar-refractivity contribution in [3.8, 4) is 0 Å². The number of esters is 1.